The summed E-state index contributed by atoms with van der Waals surface area (Å²) in [6.45, 7) is 7.54. The Balaban J connectivity index is 2.48. The molecular formula is C22H32NO2P. The van der Waals surface area contributed by atoms with E-state index >= 15 is 0 Å². The van der Waals surface area contributed by atoms with E-state index in [1.165, 1.54) is 16.4 Å². The Bertz CT molecular complexity index is 745. The van der Waals surface area contributed by atoms with Crippen LogP contribution >= 0.6 is 8.58 Å². The standard InChI is InChI=1S/C22H32NO2P/c1-7-12-22(3,19-14-18(25-6)9-10-20(19)24)26-21-11-8-16(2)13-17(21)15-23(4)5/h8-11,13-14,24,26H,7,12,15H2,1-6H3. The summed E-state index contributed by atoms with van der Waals surface area (Å²) in [5.41, 5.74) is 3.64. The topological polar surface area (TPSA) is 32.7 Å². The van der Waals surface area contributed by atoms with E-state index < -0.39 is 0 Å². The molecule has 142 valence electrons. The van der Waals surface area contributed by atoms with Crippen molar-refractivity contribution in [3.05, 3.63) is 53.1 Å². The molecule has 0 aliphatic carbocycles. The molecule has 0 saturated heterocycles. The van der Waals surface area contributed by atoms with Crippen LogP contribution in [0.5, 0.6) is 11.5 Å². The summed E-state index contributed by atoms with van der Waals surface area (Å²) in [5, 5.41) is 11.8. The van der Waals surface area contributed by atoms with Gasteiger partial charge in [0.05, 0.1) is 7.11 Å². The van der Waals surface area contributed by atoms with Gasteiger partial charge in [0.1, 0.15) is 11.5 Å². The first kappa shape index (κ1) is 20.7. The van der Waals surface area contributed by atoms with Crippen molar-refractivity contribution >= 4 is 13.9 Å². The Morgan fingerprint density at radius 1 is 1.15 bits per heavy atom. The van der Waals surface area contributed by atoms with Gasteiger partial charge in [-0.05, 0) is 56.5 Å². The van der Waals surface area contributed by atoms with Crippen LogP contribution in [0, 0.1) is 6.92 Å². The fourth-order valence-corrected chi connectivity index (χ4v) is 5.24. The lowest BCUT2D eigenvalue weighted by Gasteiger charge is -2.32. The van der Waals surface area contributed by atoms with Crippen LogP contribution in [-0.2, 0) is 11.7 Å². The molecule has 2 aromatic carbocycles. The highest BCUT2D eigenvalue weighted by Gasteiger charge is 2.30. The molecule has 2 aromatic rings. The maximum Gasteiger partial charge on any atom is 0.119 e. The minimum absolute atomic E-state index is 0.121. The first-order chi connectivity index (χ1) is 12.3. The molecule has 0 amide bonds. The summed E-state index contributed by atoms with van der Waals surface area (Å²) >= 11 is 0. The predicted molar refractivity (Wildman–Crippen MR) is 113 cm³/mol. The predicted octanol–water partition coefficient (Wildman–Crippen LogP) is 4.79. The lowest BCUT2D eigenvalue weighted by atomic mass is 9.94. The van der Waals surface area contributed by atoms with E-state index in [2.05, 4.69) is 58.0 Å². The number of benzene rings is 2. The van der Waals surface area contributed by atoms with Crippen LogP contribution in [-0.4, -0.2) is 31.2 Å². The molecule has 0 aliphatic heterocycles. The summed E-state index contributed by atoms with van der Waals surface area (Å²) in [4.78, 5) is 2.21. The SMILES string of the molecule is CCCC(C)(Pc1ccc(C)cc1CN(C)C)c1cc(OC)ccc1O. The summed E-state index contributed by atoms with van der Waals surface area (Å²) in [6.07, 6.45) is 2.08. The van der Waals surface area contributed by atoms with Gasteiger partial charge < -0.3 is 14.7 Å². The number of phenolic OH excluding ortho intramolecular Hbond substituents is 1. The smallest absolute Gasteiger partial charge is 0.119 e. The number of nitrogens with zero attached hydrogens (tertiary/aromatic N) is 1. The molecule has 0 aromatic heterocycles. The number of aryl methyl sites for hydroxylation is 1. The molecule has 0 spiro atoms. The zero-order chi connectivity index (χ0) is 19.3. The highest BCUT2D eigenvalue weighted by molar-refractivity contribution is 7.48. The molecule has 2 atom stereocenters. The van der Waals surface area contributed by atoms with Gasteiger partial charge in [0.25, 0.3) is 0 Å². The first-order valence-corrected chi connectivity index (χ1v) is 10.2. The van der Waals surface area contributed by atoms with Crippen LogP contribution < -0.4 is 10.0 Å². The van der Waals surface area contributed by atoms with Crippen molar-refractivity contribution in [3.63, 3.8) is 0 Å². The van der Waals surface area contributed by atoms with Gasteiger partial charge in [-0.25, -0.2) is 0 Å². The summed E-state index contributed by atoms with van der Waals surface area (Å²) in [7, 11) is 6.46. The average molecular weight is 373 g/mol. The molecule has 2 rings (SSSR count). The molecule has 26 heavy (non-hydrogen) atoms. The zero-order valence-electron chi connectivity index (χ0n) is 16.9. The van der Waals surface area contributed by atoms with Gasteiger partial charge in [-0.2, -0.15) is 0 Å². The third-order valence-corrected chi connectivity index (χ3v) is 6.53. The van der Waals surface area contributed by atoms with Crippen molar-refractivity contribution in [2.24, 2.45) is 0 Å². The highest BCUT2D eigenvalue weighted by Crippen LogP contribution is 2.49. The molecule has 4 heteroatoms. The number of hydrogen-bond acceptors (Lipinski definition) is 3. The molecule has 3 nitrogen and oxygen atoms in total. The molecule has 0 fully saturated rings. The maximum atomic E-state index is 10.6. The van der Waals surface area contributed by atoms with Crippen molar-refractivity contribution in [1.82, 2.24) is 4.90 Å². The second kappa shape index (κ2) is 8.88. The molecular weight excluding hydrogens is 341 g/mol. The number of rotatable bonds is 8. The van der Waals surface area contributed by atoms with E-state index in [1.54, 1.807) is 13.2 Å². The lowest BCUT2D eigenvalue weighted by Crippen LogP contribution is -2.23. The van der Waals surface area contributed by atoms with Crippen molar-refractivity contribution < 1.29 is 9.84 Å². The molecule has 0 bridgehead atoms. The summed E-state index contributed by atoms with van der Waals surface area (Å²) in [6, 6.07) is 12.3. The monoisotopic (exact) mass is 373 g/mol. The van der Waals surface area contributed by atoms with Gasteiger partial charge in [0.2, 0.25) is 0 Å². The molecule has 0 heterocycles. The van der Waals surface area contributed by atoms with E-state index in [9.17, 15) is 5.11 Å². The minimum atomic E-state index is -0.121. The van der Waals surface area contributed by atoms with Gasteiger partial charge in [0.15, 0.2) is 0 Å². The van der Waals surface area contributed by atoms with E-state index in [1.807, 2.05) is 12.1 Å². The number of aromatic hydroxyl groups is 1. The normalized spacial score (nSPS) is 14.1. The third kappa shape index (κ3) is 4.99. The van der Waals surface area contributed by atoms with Crippen LogP contribution in [0.15, 0.2) is 36.4 Å². The Kier molecular flexibility index (Phi) is 7.08. The summed E-state index contributed by atoms with van der Waals surface area (Å²) in [5.74, 6) is 1.15. The Hall–Kier alpha value is -1.57. The molecule has 2 unspecified atom stereocenters. The number of ether oxygens (including phenoxy) is 1. The van der Waals surface area contributed by atoms with Crippen molar-refractivity contribution in [1.29, 1.82) is 0 Å². The second-order valence-corrected chi connectivity index (χ2v) is 9.38. The summed E-state index contributed by atoms with van der Waals surface area (Å²) < 4.78 is 5.41. The fraction of sp³-hybridized carbons (Fsp3) is 0.455. The lowest BCUT2D eigenvalue weighted by molar-refractivity contribution is 0.403. The van der Waals surface area contributed by atoms with E-state index in [-0.39, 0.29) is 5.16 Å². The van der Waals surface area contributed by atoms with Crippen LogP contribution in [0.1, 0.15) is 43.4 Å². The van der Waals surface area contributed by atoms with E-state index in [0.717, 1.165) is 30.7 Å². The van der Waals surface area contributed by atoms with E-state index in [4.69, 9.17) is 4.74 Å². The van der Waals surface area contributed by atoms with Gasteiger partial charge in [0, 0.05) is 17.3 Å². The molecule has 0 radical (unpaired) electrons. The minimum Gasteiger partial charge on any atom is -0.508 e. The van der Waals surface area contributed by atoms with Gasteiger partial charge in [-0.1, -0.05) is 52.6 Å². The Morgan fingerprint density at radius 2 is 1.88 bits per heavy atom. The number of phenols is 1. The third-order valence-electron chi connectivity index (χ3n) is 4.71. The Morgan fingerprint density at radius 3 is 2.50 bits per heavy atom. The van der Waals surface area contributed by atoms with Crippen molar-refractivity contribution in [3.8, 4) is 11.5 Å². The van der Waals surface area contributed by atoms with Gasteiger partial charge >= 0.3 is 0 Å². The molecule has 1 N–H and O–H groups in total. The highest BCUT2D eigenvalue weighted by atomic mass is 31.1. The van der Waals surface area contributed by atoms with Crippen LogP contribution in [0.2, 0.25) is 0 Å². The fourth-order valence-electron chi connectivity index (χ4n) is 3.46. The quantitative estimate of drug-likeness (QED) is 0.675. The van der Waals surface area contributed by atoms with Crippen molar-refractivity contribution in [2.75, 3.05) is 21.2 Å². The largest absolute Gasteiger partial charge is 0.508 e. The van der Waals surface area contributed by atoms with Gasteiger partial charge in [-0.3, -0.25) is 0 Å². The second-order valence-electron chi connectivity index (χ2n) is 7.49. The van der Waals surface area contributed by atoms with Crippen LogP contribution in [0.3, 0.4) is 0 Å². The van der Waals surface area contributed by atoms with Crippen molar-refractivity contribution in [2.45, 2.75) is 45.3 Å². The Labute approximate surface area is 160 Å². The number of methoxy groups -OCH3 is 1. The van der Waals surface area contributed by atoms with E-state index in [0.29, 0.717) is 14.3 Å². The molecule has 0 saturated carbocycles. The zero-order valence-corrected chi connectivity index (χ0v) is 17.9. The average Bonchev–Trinajstić information content (AvgIpc) is 2.57. The van der Waals surface area contributed by atoms with Crippen LogP contribution in [0.4, 0.5) is 0 Å². The number of hydrogen-bond donors (Lipinski definition) is 1. The molecule has 0 aliphatic rings. The van der Waals surface area contributed by atoms with Crippen LogP contribution in [0.25, 0.3) is 0 Å². The first-order valence-electron chi connectivity index (χ1n) is 9.19. The van der Waals surface area contributed by atoms with Gasteiger partial charge in [-0.15, -0.1) is 0 Å². The maximum absolute atomic E-state index is 10.6.